The van der Waals surface area contributed by atoms with Crippen LogP contribution >= 0.6 is 0 Å². The molecule has 4 heteroatoms. The SMILES string of the molecule is CC(C)(C)c1ccc(-c2cc3c4c(c2)N(c2c(-c5ccccc5)c5ccccc5c5ccccc25)c2cc(-c5ccccc5)c(-c5ccccc5)cc2B4c2cc(-n4c5ccccc5c5ccccc54)ccc2N3c2c(-c3ccccc3)c3ccccc3c3ccccc23)cc1. The summed E-state index contributed by atoms with van der Waals surface area (Å²) < 4.78 is 2.51. The molecule has 2 aliphatic rings. The topological polar surface area (TPSA) is 11.4 Å². The number of para-hydroxylation sites is 2. The van der Waals surface area contributed by atoms with Gasteiger partial charge in [-0.15, -0.1) is 0 Å². The van der Waals surface area contributed by atoms with E-state index in [1.807, 2.05) is 0 Å². The fraction of sp³-hybridized carbons (Fsp3) is 0.0435. The van der Waals surface area contributed by atoms with Crippen molar-refractivity contribution in [1.82, 2.24) is 4.57 Å². The number of benzene rings is 16. The molecule has 0 spiro atoms. The van der Waals surface area contributed by atoms with E-state index in [0.29, 0.717) is 0 Å². The highest BCUT2D eigenvalue weighted by Gasteiger charge is 2.46. The van der Waals surface area contributed by atoms with Crippen molar-refractivity contribution in [2.75, 3.05) is 9.80 Å². The summed E-state index contributed by atoms with van der Waals surface area (Å²) in [7, 11) is 0. The van der Waals surface area contributed by atoms with Gasteiger partial charge in [0, 0.05) is 61.1 Å². The first-order valence-electron chi connectivity index (χ1n) is 33.6. The van der Waals surface area contributed by atoms with E-state index in [2.05, 4.69) is 369 Å². The average Bonchev–Trinajstić information content (AvgIpc) is 0.754. The third-order valence-corrected chi connectivity index (χ3v) is 20.7. The highest BCUT2D eigenvalue weighted by molar-refractivity contribution is 7.00. The Bertz CT molecular complexity index is 5940. The van der Waals surface area contributed by atoms with Crippen LogP contribution in [-0.2, 0) is 5.41 Å². The Hall–Kier alpha value is -12.0. The Kier molecular flexibility index (Phi) is 12.6. The Balaban J connectivity index is 1.04. The van der Waals surface area contributed by atoms with Crippen LogP contribution in [-0.4, -0.2) is 11.3 Å². The van der Waals surface area contributed by atoms with Gasteiger partial charge < -0.3 is 14.4 Å². The fourth-order valence-corrected chi connectivity index (χ4v) is 16.4. The van der Waals surface area contributed by atoms with Crippen molar-refractivity contribution in [3.63, 3.8) is 0 Å². The highest BCUT2D eigenvalue weighted by atomic mass is 15.2. The molecule has 0 aliphatic carbocycles. The molecule has 1 aromatic heterocycles. The van der Waals surface area contributed by atoms with Gasteiger partial charge in [-0.2, -0.15) is 0 Å². The maximum atomic E-state index is 2.73. The fourth-order valence-electron chi connectivity index (χ4n) is 16.4. The van der Waals surface area contributed by atoms with Crippen LogP contribution in [0.15, 0.2) is 334 Å². The quantitative estimate of drug-likeness (QED) is 0.111. The predicted octanol–water partition coefficient (Wildman–Crippen LogP) is 23.1. The van der Waals surface area contributed by atoms with Gasteiger partial charge in [0.25, 0.3) is 6.71 Å². The van der Waals surface area contributed by atoms with Gasteiger partial charge in [0.15, 0.2) is 0 Å². The number of hydrogen-bond acceptors (Lipinski definition) is 2. The molecule has 0 radical (unpaired) electrons. The second-order valence-corrected chi connectivity index (χ2v) is 27.0. The third-order valence-electron chi connectivity index (χ3n) is 20.7. The van der Waals surface area contributed by atoms with Crippen LogP contribution in [0.4, 0.5) is 34.1 Å². The van der Waals surface area contributed by atoms with Gasteiger partial charge in [-0.25, -0.2) is 0 Å². The minimum Gasteiger partial charge on any atom is -0.310 e. The van der Waals surface area contributed by atoms with Crippen molar-refractivity contribution in [1.29, 1.82) is 0 Å². The lowest BCUT2D eigenvalue weighted by Gasteiger charge is -2.46. The molecule has 0 saturated heterocycles. The van der Waals surface area contributed by atoms with Crippen molar-refractivity contribution < 1.29 is 0 Å². The molecule has 16 aromatic carbocycles. The van der Waals surface area contributed by atoms with Crippen LogP contribution in [0.1, 0.15) is 26.3 Å². The molecule has 3 nitrogen and oxygen atoms in total. The first-order valence-corrected chi connectivity index (χ1v) is 33.6. The first kappa shape index (κ1) is 55.6. The van der Waals surface area contributed by atoms with Crippen molar-refractivity contribution in [2.45, 2.75) is 26.2 Å². The van der Waals surface area contributed by atoms with Gasteiger partial charge in [-0.3, -0.25) is 0 Å². The lowest BCUT2D eigenvalue weighted by atomic mass is 9.33. The Morgan fingerprint density at radius 2 is 0.635 bits per heavy atom. The van der Waals surface area contributed by atoms with Gasteiger partial charge in [-0.05, 0) is 153 Å². The number of rotatable bonds is 8. The van der Waals surface area contributed by atoms with Crippen molar-refractivity contribution >= 4 is 122 Å². The van der Waals surface area contributed by atoms with E-state index in [9.17, 15) is 0 Å². The molecule has 0 atom stereocenters. The Morgan fingerprint density at radius 1 is 0.260 bits per heavy atom. The molecule has 96 heavy (non-hydrogen) atoms. The van der Waals surface area contributed by atoms with E-state index >= 15 is 0 Å². The van der Waals surface area contributed by atoms with Crippen LogP contribution in [0.5, 0.6) is 0 Å². The summed E-state index contributed by atoms with van der Waals surface area (Å²) in [5, 5.41) is 12.1. The van der Waals surface area contributed by atoms with Crippen LogP contribution in [0.2, 0.25) is 0 Å². The van der Waals surface area contributed by atoms with Crippen molar-refractivity contribution in [3.8, 4) is 61.3 Å². The second kappa shape index (κ2) is 21.8. The van der Waals surface area contributed by atoms with Gasteiger partial charge in [-0.1, -0.05) is 306 Å². The zero-order valence-electron chi connectivity index (χ0n) is 53.7. The summed E-state index contributed by atoms with van der Waals surface area (Å²) in [6.07, 6.45) is 0. The summed E-state index contributed by atoms with van der Waals surface area (Å²) in [4.78, 5) is 5.44. The largest absolute Gasteiger partial charge is 0.310 e. The maximum absolute atomic E-state index is 2.73. The molecule has 0 N–H and O–H groups in total. The molecule has 0 bridgehead atoms. The summed E-state index contributed by atoms with van der Waals surface area (Å²) in [5.41, 5.74) is 26.9. The summed E-state index contributed by atoms with van der Waals surface area (Å²) in [5.74, 6) is 0. The summed E-state index contributed by atoms with van der Waals surface area (Å²) >= 11 is 0. The zero-order chi connectivity index (χ0) is 63.8. The standard InChI is InChI=1S/C92H64BN3/c1-92(2,3)65-50-48-59(49-51-65)64-54-85-89-86(55-64)96(91-76-45-23-19-39-70(76)68-37-17-21-43-74(68)88(91)63-34-14-7-15-35-63)84-58-78(61-30-10-5-11-31-61)77(60-28-8-4-9-29-60)57-80(84)93(89)79-56-66(94-81-46-26-24-40-71(81)72-41-25-27-47-82(72)94)52-53-83(79)95(85)90-75-44-22-18-38-69(75)67-36-16-20-42-73(67)87(90)62-32-12-6-13-33-62/h4-58H,1-3H3. The van der Waals surface area contributed by atoms with Gasteiger partial charge in [0.1, 0.15) is 0 Å². The normalized spacial score (nSPS) is 12.7. The molecule has 450 valence electrons. The highest BCUT2D eigenvalue weighted by Crippen LogP contribution is 2.56. The van der Waals surface area contributed by atoms with E-state index in [-0.39, 0.29) is 12.1 Å². The molecule has 0 saturated carbocycles. The lowest BCUT2D eigenvalue weighted by Crippen LogP contribution is -2.61. The third kappa shape index (κ3) is 8.55. The Labute approximate surface area is 559 Å². The molecular formula is C92H64BN3. The van der Waals surface area contributed by atoms with Crippen LogP contribution in [0.25, 0.3) is 126 Å². The molecule has 17 aromatic rings. The first-order chi connectivity index (χ1) is 47.3. The zero-order valence-corrected chi connectivity index (χ0v) is 53.7. The second-order valence-electron chi connectivity index (χ2n) is 27.0. The van der Waals surface area contributed by atoms with Crippen molar-refractivity contribution in [2.24, 2.45) is 0 Å². The number of aromatic nitrogens is 1. The van der Waals surface area contributed by atoms with E-state index in [4.69, 9.17) is 0 Å². The molecule has 19 rings (SSSR count). The van der Waals surface area contributed by atoms with Gasteiger partial charge >= 0.3 is 0 Å². The molecule has 2 aliphatic heterocycles. The summed E-state index contributed by atoms with van der Waals surface area (Å²) in [6.45, 7) is 6.65. The average molecular weight is 1220 g/mol. The smallest absolute Gasteiger partial charge is 0.252 e. The minimum absolute atomic E-state index is 0.0439. The van der Waals surface area contributed by atoms with E-state index in [1.54, 1.807) is 0 Å². The minimum atomic E-state index is -0.288. The molecular weight excluding hydrogens is 1160 g/mol. The van der Waals surface area contributed by atoms with Crippen LogP contribution in [0, 0.1) is 0 Å². The molecule has 0 unspecified atom stereocenters. The predicted molar refractivity (Wildman–Crippen MR) is 411 cm³/mol. The maximum Gasteiger partial charge on any atom is 0.252 e. The van der Waals surface area contributed by atoms with Gasteiger partial charge in [0.2, 0.25) is 0 Å². The van der Waals surface area contributed by atoms with Gasteiger partial charge in [0.05, 0.1) is 22.4 Å². The summed E-state index contributed by atoms with van der Waals surface area (Å²) in [6, 6.07) is 126. The monoisotopic (exact) mass is 1220 g/mol. The lowest BCUT2D eigenvalue weighted by molar-refractivity contribution is 0.590. The number of hydrogen-bond donors (Lipinski definition) is 0. The molecule has 3 heterocycles. The van der Waals surface area contributed by atoms with Crippen LogP contribution in [0.3, 0.4) is 0 Å². The Morgan fingerprint density at radius 3 is 1.10 bits per heavy atom. The van der Waals surface area contributed by atoms with E-state index in [0.717, 1.165) is 67.6 Å². The molecule has 0 fully saturated rings. The number of nitrogens with zero attached hydrogens (tertiary/aromatic N) is 3. The number of anilines is 6. The van der Waals surface area contributed by atoms with Crippen molar-refractivity contribution in [3.05, 3.63) is 339 Å². The van der Waals surface area contributed by atoms with E-state index in [1.165, 1.54) is 115 Å². The molecule has 0 amide bonds. The number of fused-ring (bicyclic) bond motifs is 13. The van der Waals surface area contributed by atoms with E-state index < -0.39 is 0 Å². The van der Waals surface area contributed by atoms with Crippen LogP contribution < -0.4 is 26.2 Å².